The van der Waals surface area contributed by atoms with Crippen LogP contribution in [0, 0.1) is 0 Å². The van der Waals surface area contributed by atoms with Gasteiger partial charge < -0.3 is 16.8 Å². The molecule has 1 N–H and O–H groups in total. The van der Waals surface area contributed by atoms with Gasteiger partial charge >= 0.3 is 0 Å². The summed E-state index contributed by atoms with van der Waals surface area (Å²) >= 11 is 0. The predicted molar refractivity (Wildman–Crippen MR) is 66.0 cm³/mol. The zero-order valence-electron chi connectivity index (χ0n) is 10.0. The van der Waals surface area contributed by atoms with Gasteiger partial charge in [-0.3, -0.25) is 0 Å². The number of rotatable bonds is 0. The van der Waals surface area contributed by atoms with Crippen LogP contribution >= 0.6 is 0 Å². The van der Waals surface area contributed by atoms with Gasteiger partial charge in [-0.15, -0.1) is 0 Å². The van der Waals surface area contributed by atoms with Crippen LogP contribution in [-0.4, -0.2) is 0 Å². The lowest BCUT2D eigenvalue weighted by atomic mass is 9.96. The Labute approximate surface area is 112 Å². The maximum atomic E-state index is 6.11. The number of hydrogen-bond donors (Lipinski definition) is 0. The molecule has 3 aliphatic rings. The van der Waals surface area contributed by atoms with Gasteiger partial charge in [-0.1, -0.05) is 12.1 Å². The maximum absolute atomic E-state index is 6.11. The van der Waals surface area contributed by atoms with Crippen LogP contribution in [0.1, 0.15) is 24.2 Å². The molecular formula is C15H14ClNO. The third-order valence-corrected chi connectivity index (χ3v) is 3.69. The molecule has 0 saturated carbocycles. The number of aryl methyl sites for hydroxylation is 2. The number of para-hydroxylation sites is 1. The van der Waals surface area contributed by atoms with Crippen LogP contribution in [0.3, 0.4) is 0 Å². The van der Waals surface area contributed by atoms with E-state index in [1.54, 1.807) is 0 Å². The molecular weight excluding hydrogens is 246 g/mol. The zero-order valence-corrected chi connectivity index (χ0v) is 10.8. The maximum Gasteiger partial charge on any atom is 0.248 e. The van der Waals surface area contributed by atoms with Crippen LogP contribution in [0.5, 0.6) is 0 Å². The predicted octanol–water partition coefficient (Wildman–Crippen LogP) is 0.234. The van der Waals surface area contributed by atoms with E-state index in [0.717, 1.165) is 29.8 Å². The molecule has 0 atom stereocenters. The molecule has 2 aliphatic heterocycles. The molecule has 0 spiro atoms. The van der Waals surface area contributed by atoms with Crippen molar-refractivity contribution in [2.75, 3.05) is 0 Å². The SMILES string of the molecule is [Cl-].c1ccc2c3oc4c(cc-3[nH+]c2c1)CCCC4. The van der Waals surface area contributed by atoms with Crippen molar-refractivity contribution in [2.45, 2.75) is 25.7 Å². The molecule has 2 heterocycles. The number of aromatic nitrogens is 1. The van der Waals surface area contributed by atoms with E-state index >= 15 is 0 Å². The molecule has 1 aliphatic carbocycles. The summed E-state index contributed by atoms with van der Waals surface area (Å²) in [7, 11) is 0. The summed E-state index contributed by atoms with van der Waals surface area (Å²) in [5, 5.41) is 1.19. The lowest BCUT2D eigenvalue weighted by Gasteiger charge is -2.13. The largest absolute Gasteiger partial charge is 1.00 e. The normalized spacial score (nSPS) is 14.4. The molecule has 92 valence electrons. The second-order valence-electron chi connectivity index (χ2n) is 4.82. The first kappa shape index (κ1) is 11.5. The lowest BCUT2D eigenvalue weighted by molar-refractivity contribution is -0.328. The fraction of sp³-hybridized carbons (Fsp3) is 0.267. The Morgan fingerprint density at radius 3 is 2.83 bits per heavy atom. The van der Waals surface area contributed by atoms with E-state index in [-0.39, 0.29) is 12.4 Å². The van der Waals surface area contributed by atoms with E-state index < -0.39 is 0 Å². The van der Waals surface area contributed by atoms with Gasteiger partial charge in [-0.25, -0.2) is 4.98 Å². The van der Waals surface area contributed by atoms with Crippen molar-refractivity contribution in [1.82, 2.24) is 0 Å². The molecule has 0 saturated heterocycles. The van der Waals surface area contributed by atoms with Gasteiger partial charge in [0.05, 0.1) is 5.39 Å². The molecule has 0 amide bonds. The molecule has 1 aromatic rings. The summed E-state index contributed by atoms with van der Waals surface area (Å²) in [4.78, 5) is 3.43. The molecule has 0 radical (unpaired) electrons. The van der Waals surface area contributed by atoms with Gasteiger partial charge in [0.15, 0.2) is 0 Å². The molecule has 0 unspecified atom stereocenters. The van der Waals surface area contributed by atoms with Crippen molar-refractivity contribution in [3.05, 3.63) is 41.7 Å². The van der Waals surface area contributed by atoms with E-state index in [0.29, 0.717) is 0 Å². The Balaban J connectivity index is 0.000001000. The molecule has 0 fully saturated rings. The Morgan fingerprint density at radius 2 is 1.89 bits per heavy atom. The second kappa shape index (κ2) is 4.29. The molecule has 18 heavy (non-hydrogen) atoms. The first-order valence-electron chi connectivity index (χ1n) is 6.27. The third kappa shape index (κ3) is 1.60. The van der Waals surface area contributed by atoms with E-state index in [1.165, 1.54) is 29.6 Å². The van der Waals surface area contributed by atoms with Crippen LogP contribution in [-0.2, 0) is 12.8 Å². The van der Waals surface area contributed by atoms with Gasteiger partial charge in [0.1, 0.15) is 5.76 Å². The smallest absolute Gasteiger partial charge is 0.248 e. The Kier molecular flexibility index (Phi) is 2.75. The van der Waals surface area contributed by atoms with Crippen LogP contribution < -0.4 is 17.4 Å². The van der Waals surface area contributed by atoms with E-state index in [1.807, 2.05) is 0 Å². The highest BCUT2D eigenvalue weighted by molar-refractivity contribution is 5.90. The van der Waals surface area contributed by atoms with Crippen molar-refractivity contribution in [3.63, 3.8) is 0 Å². The van der Waals surface area contributed by atoms with Gasteiger partial charge in [-0.05, 0) is 30.9 Å². The Bertz CT molecular complexity index is 674. The Morgan fingerprint density at radius 1 is 1.06 bits per heavy atom. The summed E-state index contributed by atoms with van der Waals surface area (Å²) in [6.07, 6.45) is 4.79. The third-order valence-electron chi connectivity index (χ3n) is 3.69. The highest BCUT2D eigenvalue weighted by Crippen LogP contribution is 2.33. The van der Waals surface area contributed by atoms with E-state index in [9.17, 15) is 0 Å². The average Bonchev–Trinajstić information content (AvgIpc) is 2.73. The fourth-order valence-electron chi connectivity index (χ4n) is 2.82. The van der Waals surface area contributed by atoms with Gasteiger partial charge in [0, 0.05) is 18.6 Å². The van der Waals surface area contributed by atoms with Crippen LogP contribution in [0.25, 0.3) is 22.4 Å². The van der Waals surface area contributed by atoms with Crippen molar-refractivity contribution >= 4 is 10.9 Å². The monoisotopic (exact) mass is 259 g/mol. The number of halogens is 1. The highest BCUT2D eigenvalue weighted by atomic mass is 35.5. The highest BCUT2D eigenvalue weighted by Gasteiger charge is 2.24. The number of hydrogen-bond acceptors (Lipinski definition) is 1. The summed E-state index contributed by atoms with van der Waals surface area (Å²) in [6, 6.07) is 10.6. The summed E-state index contributed by atoms with van der Waals surface area (Å²) in [5.41, 5.74) is 3.68. The van der Waals surface area contributed by atoms with Gasteiger partial charge in [-0.2, -0.15) is 0 Å². The van der Waals surface area contributed by atoms with Crippen LogP contribution in [0.15, 0.2) is 34.7 Å². The standard InChI is InChI=1S/C15H13NO.ClH/c1-4-8-14-10(5-1)9-13-15(17-14)11-6-2-3-7-12(11)16-13;/h2-3,6-7,9H,1,4-5,8H2;1H. The van der Waals surface area contributed by atoms with E-state index in [4.69, 9.17) is 4.42 Å². The molecule has 3 heteroatoms. The fourth-order valence-corrected chi connectivity index (χ4v) is 2.82. The second-order valence-corrected chi connectivity index (χ2v) is 4.82. The first-order chi connectivity index (χ1) is 8.42. The summed E-state index contributed by atoms with van der Waals surface area (Å²) in [6.45, 7) is 0. The topological polar surface area (TPSA) is 27.3 Å². The van der Waals surface area contributed by atoms with Crippen molar-refractivity contribution in [2.24, 2.45) is 0 Å². The van der Waals surface area contributed by atoms with E-state index in [2.05, 4.69) is 35.3 Å². The molecule has 4 rings (SSSR count). The number of fused-ring (bicyclic) bond motifs is 4. The van der Waals surface area contributed by atoms with Crippen molar-refractivity contribution < 1.29 is 21.8 Å². The summed E-state index contributed by atoms with van der Waals surface area (Å²) < 4.78 is 6.11. The minimum atomic E-state index is 0. The van der Waals surface area contributed by atoms with Crippen molar-refractivity contribution in [3.8, 4) is 11.5 Å². The van der Waals surface area contributed by atoms with Crippen LogP contribution in [0.2, 0.25) is 0 Å². The number of H-pyrrole nitrogens is 1. The zero-order chi connectivity index (χ0) is 11.2. The minimum absolute atomic E-state index is 0. The summed E-state index contributed by atoms with van der Waals surface area (Å²) in [5.74, 6) is 2.20. The van der Waals surface area contributed by atoms with Crippen molar-refractivity contribution in [1.29, 1.82) is 0 Å². The number of benzene rings is 1. The number of aromatic amines is 1. The lowest BCUT2D eigenvalue weighted by Crippen LogP contribution is -3.00. The molecule has 0 aromatic heterocycles. The minimum Gasteiger partial charge on any atom is -1.00 e. The average molecular weight is 260 g/mol. The van der Waals surface area contributed by atoms with Crippen LogP contribution in [0.4, 0.5) is 0 Å². The molecule has 0 bridgehead atoms. The van der Waals surface area contributed by atoms with Gasteiger partial charge in [0.25, 0.3) is 0 Å². The number of nitrogens with one attached hydrogen (secondary N) is 1. The molecule has 1 aromatic carbocycles. The quantitative estimate of drug-likeness (QED) is 0.568. The Hall–Kier alpha value is -1.54. The van der Waals surface area contributed by atoms with Gasteiger partial charge in [0.2, 0.25) is 17.0 Å². The first-order valence-corrected chi connectivity index (χ1v) is 6.27. The molecule has 2 nitrogen and oxygen atoms in total.